The minimum absolute atomic E-state index is 0.0269. The molecule has 1 aromatic rings. The molecule has 0 aliphatic carbocycles. The maximum Gasteiger partial charge on any atom is 0.355 e. The van der Waals surface area contributed by atoms with Gasteiger partial charge in [0, 0.05) is 5.02 Å². The largest absolute Gasteiger partial charge is 0.466 e. The fourth-order valence-corrected chi connectivity index (χ4v) is 2.45. The molecule has 2 rings (SSSR count). The minimum atomic E-state index is -0.774. The van der Waals surface area contributed by atoms with Gasteiger partial charge < -0.3 is 24.8 Å². The molecular weight excluding hydrogens is 340 g/mol. The maximum atomic E-state index is 12.2. The van der Waals surface area contributed by atoms with Crippen molar-refractivity contribution in [1.82, 2.24) is 0 Å². The van der Waals surface area contributed by atoms with Gasteiger partial charge in [0.2, 0.25) is 0 Å². The average Bonchev–Trinajstić information content (AvgIpc) is 2.59. The van der Waals surface area contributed by atoms with Crippen LogP contribution in [0.5, 0.6) is 0 Å². The third-order valence-corrected chi connectivity index (χ3v) is 3.58. The zero-order chi connectivity index (χ0) is 17.9. The van der Waals surface area contributed by atoms with Crippen LogP contribution in [-0.2, 0) is 23.8 Å². The second-order valence-corrected chi connectivity index (χ2v) is 5.18. The molecule has 1 heterocycles. The summed E-state index contributed by atoms with van der Waals surface area (Å²) in [6.45, 7) is -0.222. The summed E-state index contributed by atoms with van der Waals surface area (Å²) in [5, 5.41) is 0.294. The first kappa shape index (κ1) is 17.8. The van der Waals surface area contributed by atoms with Gasteiger partial charge >= 0.3 is 11.9 Å². The summed E-state index contributed by atoms with van der Waals surface area (Å²) < 4.78 is 14.8. The molecule has 0 aromatic heterocycles. The van der Waals surface area contributed by atoms with Gasteiger partial charge in [-0.3, -0.25) is 4.79 Å². The predicted molar refractivity (Wildman–Crippen MR) is 84.3 cm³/mol. The molecule has 0 bridgehead atoms. The Kier molecular flexibility index (Phi) is 5.42. The van der Waals surface area contributed by atoms with Gasteiger partial charge in [-0.15, -0.1) is 0 Å². The third-order valence-electron chi connectivity index (χ3n) is 3.35. The molecule has 0 atom stereocenters. The molecule has 24 heavy (non-hydrogen) atoms. The van der Waals surface area contributed by atoms with Crippen LogP contribution in [0.15, 0.2) is 29.5 Å². The normalized spacial score (nSPS) is 14.4. The molecule has 8 nitrogen and oxygen atoms in total. The molecule has 0 saturated carbocycles. The van der Waals surface area contributed by atoms with Crippen LogP contribution in [0.4, 0.5) is 5.69 Å². The standard InChI is InChI=1S/C15H15ClN2O6/c1-22-14(20)10-6-24-7-18(12(10)15(21)23-2)11-4-3-8(16)5-9(11)13(17)19/h3-5H,6-7H2,1-2H3,(H2,17,19). The van der Waals surface area contributed by atoms with Crippen LogP contribution in [0.25, 0.3) is 0 Å². The number of anilines is 1. The highest BCUT2D eigenvalue weighted by Crippen LogP contribution is 2.31. The van der Waals surface area contributed by atoms with Crippen molar-refractivity contribution in [3.63, 3.8) is 0 Å². The lowest BCUT2D eigenvalue weighted by Crippen LogP contribution is -2.39. The van der Waals surface area contributed by atoms with E-state index >= 15 is 0 Å². The third kappa shape index (κ3) is 3.34. The van der Waals surface area contributed by atoms with Gasteiger partial charge in [-0.05, 0) is 18.2 Å². The molecule has 9 heteroatoms. The van der Waals surface area contributed by atoms with Crippen molar-refractivity contribution < 1.29 is 28.6 Å². The van der Waals surface area contributed by atoms with Crippen molar-refractivity contribution in [3.8, 4) is 0 Å². The number of amides is 1. The summed E-state index contributed by atoms with van der Waals surface area (Å²) in [5.41, 5.74) is 5.59. The lowest BCUT2D eigenvalue weighted by molar-refractivity contribution is -0.140. The SMILES string of the molecule is COC(=O)C1=C(C(=O)OC)N(c2ccc(Cl)cc2C(N)=O)COC1. The van der Waals surface area contributed by atoms with E-state index < -0.39 is 17.8 Å². The number of hydrogen-bond acceptors (Lipinski definition) is 7. The minimum Gasteiger partial charge on any atom is -0.466 e. The van der Waals surface area contributed by atoms with Crippen molar-refractivity contribution in [2.45, 2.75) is 0 Å². The second kappa shape index (κ2) is 7.33. The molecule has 128 valence electrons. The Bertz CT molecular complexity index is 731. The Labute approximate surface area is 142 Å². The predicted octanol–water partition coefficient (Wildman–Crippen LogP) is 0.833. The number of primary amides is 1. The van der Waals surface area contributed by atoms with Crippen LogP contribution in [0.2, 0.25) is 5.02 Å². The van der Waals surface area contributed by atoms with Gasteiger partial charge in [0.25, 0.3) is 5.91 Å². The van der Waals surface area contributed by atoms with Crippen LogP contribution < -0.4 is 10.6 Å². The van der Waals surface area contributed by atoms with E-state index in [1.54, 1.807) is 0 Å². The van der Waals surface area contributed by atoms with E-state index in [0.717, 1.165) is 0 Å². The van der Waals surface area contributed by atoms with Crippen molar-refractivity contribution in [1.29, 1.82) is 0 Å². The Morgan fingerprint density at radius 3 is 2.46 bits per heavy atom. The fourth-order valence-electron chi connectivity index (χ4n) is 2.27. The molecule has 1 aromatic carbocycles. The maximum absolute atomic E-state index is 12.2. The van der Waals surface area contributed by atoms with E-state index in [-0.39, 0.29) is 35.9 Å². The van der Waals surface area contributed by atoms with Gasteiger partial charge in [-0.2, -0.15) is 0 Å². The van der Waals surface area contributed by atoms with E-state index in [0.29, 0.717) is 5.02 Å². The summed E-state index contributed by atoms with van der Waals surface area (Å²) >= 11 is 5.89. The van der Waals surface area contributed by atoms with Crippen molar-refractivity contribution in [2.75, 3.05) is 32.5 Å². The molecule has 1 aliphatic rings. The number of ether oxygens (including phenoxy) is 3. The summed E-state index contributed by atoms with van der Waals surface area (Å²) in [6, 6.07) is 4.38. The number of methoxy groups -OCH3 is 2. The van der Waals surface area contributed by atoms with Crippen molar-refractivity contribution in [3.05, 3.63) is 40.1 Å². The highest BCUT2D eigenvalue weighted by atomic mass is 35.5. The van der Waals surface area contributed by atoms with E-state index in [1.165, 1.54) is 37.3 Å². The van der Waals surface area contributed by atoms with Crippen LogP contribution in [0.1, 0.15) is 10.4 Å². The summed E-state index contributed by atoms with van der Waals surface area (Å²) in [7, 11) is 2.36. The van der Waals surface area contributed by atoms with Gasteiger partial charge in [-0.25, -0.2) is 9.59 Å². The first-order chi connectivity index (χ1) is 11.4. The van der Waals surface area contributed by atoms with Crippen molar-refractivity contribution in [2.24, 2.45) is 5.73 Å². The molecular formula is C15H15ClN2O6. The highest BCUT2D eigenvalue weighted by Gasteiger charge is 2.33. The highest BCUT2D eigenvalue weighted by molar-refractivity contribution is 6.31. The number of nitrogens with two attached hydrogens (primary N) is 1. The Morgan fingerprint density at radius 1 is 1.21 bits per heavy atom. The van der Waals surface area contributed by atoms with Crippen LogP contribution in [-0.4, -0.2) is 45.4 Å². The van der Waals surface area contributed by atoms with Gasteiger partial charge in [-0.1, -0.05) is 11.6 Å². The zero-order valence-electron chi connectivity index (χ0n) is 13.0. The Hall–Kier alpha value is -2.58. The lowest BCUT2D eigenvalue weighted by atomic mass is 10.1. The Balaban J connectivity index is 2.66. The van der Waals surface area contributed by atoms with Gasteiger partial charge in [0.15, 0.2) is 0 Å². The second-order valence-electron chi connectivity index (χ2n) is 4.74. The Morgan fingerprint density at radius 2 is 1.88 bits per heavy atom. The van der Waals surface area contributed by atoms with Crippen LogP contribution in [0, 0.1) is 0 Å². The summed E-state index contributed by atoms with van der Waals surface area (Å²) in [6.07, 6.45) is 0. The van der Waals surface area contributed by atoms with Gasteiger partial charge in [0.05, 0.1) is 37.7 Å². The number of halogens is 1. The number of hydrogen-bond donors (Lipinski definition) is 1. The first-order valence-electron chi connectivity index (χ1n) is 6.75. The molecule has 1 amide bonds. The quantitative estimate of drug-likeness (QED) is 0.798. The molecule has 1 aliphatic heterocycles. The van der Waals surface area contributed by atoms with Gasteiger partial charge in [0.1, 0.15) is 12.4 Å². The number of nitrogens with zero attached hydrogens (tertiary/aromatic N) is 1. The number of esters is 2. The molecule has 0 spiro atoms. The zero-order valence-corrected chi connectivity index (χ0v) is 13.8. The van der Waals surface area contributed by atoms with E-state index in [4.69, 9.17) is 26.8 Å². The van der Waals surface area contributed by atoms with Crippen molar-refractivity contribution >= 4 is 35.1 Å². The molecule has 0 unspecified atom stereocenters. The monoisotopic (exact) mass is 354 g/mol. The van der Waals surface area contributed by atoms with E-state index in [9.17, 15) is 14.4 Å². The van der Waals surface area contributed by atoms with E-state index in [2.05, 4.69) is 4.74 Å². The lowest BCUT2D eigenvalue weighted by Gasteiger charge is -2.32. The number of benzene rings is 1. The van der Waals surface area contributed by atoms with E-state index in [1.807, 2.05) is 0 Å². The smallest absolute Gasteiger partial charge is 0.355 e. The number of rotatable bonds is 4. The average molecular weight is 355 g/mol. The van der Waals surface area contributed by atoms with Crippen LogP contribution >= 0.6 is 11.6 Å². The number of carbonyl (C=O) groups is 3. The number of carbonyl (C=O) groups excluding carboxylic acids is 3. The molecule has 0 saturated heterocycles. The van der Waals surface area contributed by atoms with Crippen LogP contribution in [0.3, 0.4) is 0 Å². The first-order valence-corrected chi connectivity index (χ1v) is 7.13. The summed E-state index contributed by atoms with van der Waals surface area (Å²) in [5.74, 6) is -2.26. The summed E-state index contributed by atoms with van der Waals surface area (Å²) in [4.78, 5) is 37.2. The molecule has 0 fully saturated rings. The molecule has 2 N–H and O–H groups in total. The fraction of sp³-hybridized carbons (Fsp3) is 0.267. The molecule has 0 radical (unpaired) electrons. The topological polar surface area (TPSA) is 108 Å².